The standard InChI is InChI=1S/C24H29NO4/c1-15(2)21-10-5-7-16(3)23(21)25-24(27)17(4)29-22(26)14-28-20-12-11-18-8-6-9-19(18)13-20/h5,7,10-13,15,17H,6,8-9,14H2,1-4H3,(H,25,27)/t17-/m0/s1. The highest BCUT2D eigenvalue weighted by Gasteiger charge is 2.21. The van der Waals surface area contributed by atoms with Gasteiger partial charge in [0.15, 0.2) is 12.7 Å². The van der Waals surface area contributed by atoms with E-state index in [0.717, 1.165) is 36.1 Å². The maximum Gasteiger partial charge on any atom is 0.344 e. The normalized spacial score (nSPS) is 13.7. The van der Waals surface area contributed by atoms with E-state index >= 15 is 0 Å². The Balaban J connectivity index is 1.54. The fraction of sp³-hybridized carbons (Fsp3) is 0.417. The molecule has 2 aromatic rings. The van der Waals surface area contributed by atoms with Crippen molar-refractivity contribution in [2.24, 2.45) is 0 Å². The fourth-order valence-electron chi connectivity index (χ4n) is 3.63. The second-order valence-corrected chi connectivity index (χ2v) is 7.89. The number of hydrogen-bond acceptors (Lipinski definition) is 4. The van der Waals surface area contributed by atoms with Gasteiger partial charge in [-0.2, -0.15) is 0 Å². The van der Waals surface area contributed by atoms with Gasteiger partial charge in [-0.25, -0.2) is 4.79 Å². The molecule has 0 unspecified atom stereocenters. The minimum atomic E-state index is -0.911. The molecule has 0 aromatic heterocycles. The molecule has 0 radical (unpaired) electrons. The number of esters is 1. The lowest BCUT2D eigenvalue weighted by Gasteiger charge is -2.19. The summed E-state index contributed by atoms with van der Waals surface area (Å²) in [5, 5.41) is 2.91. The Morgan fingerprint density at radius 3 is 2.59 bits per heavy atom. The highest BCUT2D eigenvalue weighted by Crippen LogP contribution is 2.28. The molecule has 0 aliphatic heterocycles. The van der Waals surface area contributed by atoms with E-state index < -0.39 is 12.1 Å². The van der Waals surface area contributed by atoms with E-state index in [9.17, 15) is 9.59 Å². The van der Waals surface area contributed by atoms with E-state index in [-0.39, 0.29) is 18.4 Å². The number of carbonyl (C=O) groups excluding carboxylic acids is 2. The molecule has 0 heterocycles. The summed E-state index contributed by atoms with van der Waals surface area (Å²) in [6.07, 6.45) is 2.40. The zero-order valence-corrected chi connectivity index (χ0v) is 17.6. The summed E-state index contributed by atoms with van der Waals surface area (Å²) in [5.74, 6) is -0.000867. The quantitative estimate of drug-likeness (QED) is 0.698. The molecule has 2 aromatic carbocycles. The molecule has 1 aliphatic carbocycles. The molecule has 0 spiro atoms. The molecular formula is C24H29NO4. The van der Waals surface area contributed by atoms with Gasteiger partial charge in [0.1, 0.15) is 5.75 Å². The van der Waals surface area contributed by atoms with E-state index in [2.05, 4.69) is 19.2 Å². The van der Waals surface area contributed by atoms with Crippen molar-refractivity contribution in [2.45, 2.75) is 59.0 Å². The van der Waals surface area contributed by atoms with Gasteiger partial charge < -0.3 is 14.8 Å². The topological polar surface area (TPSA) is 64.6 Å². The van der Waals surface area contributed by atoms with Crippen molar-refractivity contribution in [2.75, 3.05) is 11.9 Å². The monoisotopic (exact) mass is 395 g/mol. The first-order chi connectivity index (χ1) is 13.8. The Labute approximate surface area is 172 Å². The van der Waals surface area contributed by atoms with Crippen LogP contribution in [0.5, 0.6) is 5.75 Å². The summed E-state index contributed by atoms with van der Waals surface area (Å²) < 4.78 is 10.8. The minimum absolute atomic E-state index is 0.224. The molecule has 0 saturated heterocycles. The van der Waals surface area contributed by atoms with Gasteiger partial charge in [-0.05, 0) is 73.4 Å². The number of para-hydroxylation sites is 1. The molecule has 154 valence electrons. The number of aryl methyl sites for hydroxylation is 3. The van der Waals surface area contributed by atoms with Crippen molar-refractivity contribution in [3.63, 3.8) is 0 Å². The van der Waals surface area contributed by atoms with Gasteiger partial charge in [0.25, 0.3) is 5.91 Å². The fourth-order valence-corrected chi connectivity index (χ4v) is 3.63. The Kier molecular flexibility index (Phi) is 6.57. The van der Waals surface area contributed by atoms with Crippen molar-refractivity contribution in [3.05, 3.63) is 58.7 Å². The summed E-state index contributed by atoms with van der Waals surface area (Å²) in [4.78, 5) is 24.7. The Morgan fingerprint density at radius 2 is 1.83 bits per heavy atom. The largest absolute Gasteiger partial charge is 0.482 e. The van der Waals surface area contributed by atoms with Crippen molar-refractivity contribution in [1.29, 1.82) is 0 Å². The van der Waals surface area contributed by atoms with Crippen molar-refractivity contribution in [3.8, 4) is 5.75 Å². The lowest BCUT2D eigenvalue weighted by atomic mass is 9.98. The predicted molar refractivity (Wildman–Crippen MR) is 113 cm³/mol. The van der Waals surface area contributed by atoms with Crippen LogP contribution in [0.4, 0.5) is 5.69 Å². The average molecular weight is 395 g/mol. The molecule has 1 N–H and O–H groups in total. The van der Waals surface area contributed by atoms with E-state index in [4.69, 9.17) is 9.47 Å². The zero-order valence-electron chi connectivity index (χ0n) is 17.6. The van der Waals surface area contributed by atoms with Gasteiger partial charge in [-0.15, -0.1) is 0 Å². The van der Waals surface area contributed by atoms with Crippen LogP contribution in [0.3, 0.4) is 0 Å². The van der Waals surface area contributed by atoms with Crippen LogP contribution in [0.25, 0.3) is 0 Å². The third-order valence-corrected chi connectivity index (χ3v) is 5.28. The van der Waals surface area contributed by atoms with E-state index in [1.165, 1.54) is 11.1 Å². The number of nitrogens with one attached hydrogen (secondary N) is 1. The summed E-state index contributed by atoms with van der Waals surface area (Å²) >= 11 is 0. The van der Waals surface area contributed by atoms with Crippen molar-refractivity contribution >= 4 is 17.6 Å². The summed E-state index contributed by atoms with van der Waals surface area (Å²) in [6.45, 7) is 7.44. The first kappa shape index (κ1) is 20.9. The third-order valence-electron chi connectivity index (χ3n) is 5.28. The zero-order chi connectivity index (χ0) is 21.0. The highest BCUT2D eigenvalue weighted by molar-refractivity contribution is 5.96. The number of ether oxygens (including phenoxy) is 2. The summed E-state index contributed by atoms with van der Waals surface area (Å²) in [5.41, 5.74) is 5.44. The number of hydrogen-bond donors (Lipinski definition) is 1. The summed E-state index contributed by atoms with van der Waals surface area (Å²) in [6, 6.07) is 11.8. The molecule has 1 aliphatic rings. The molecule has 1 atom stereocenters. The SMILES string of the molecule is Cc1cccc(C(C)C)c1NC(=O)[C@H](C)OC(=O)COc1ccc2c(c1)CCC2. The second kappa shape index (κ2) is 9.12. The lowest BCUT2D eigenvalue weighted by Crippen LogP contribution is -2.32. The second-order valence-electron chi connectivity index (χ2n) is 7.89. The lowest BCUT2D eigenvalue weighted by molar-refractivity contribution is -0.155. The Morgan fingerprint density at radius 1 is 1.07 bits per heavy atom. The third kappa shape index (κ3) is 5.17. The Hall–Kier alpha value is -2.82. The predicted octanol–water partition coefficient (Wildman–Crippen LogP) is 4.56. The highest BCUT2D eigenvalue weighted by atomic mass is 16.6. The Bertz CT molecular complexity index is 904. The van der Waals surface area contributed by atoms with Crippen LogP contribution in [0, 0.1) is 6.92 Å². The first-order valence-corrected chi connectivity index (χ1v) is 10.2. The minimum Gasteiger partial charge on any atom is -0.482 e. The smallest absolute Gasteiger partial charge is 0.344 e. The van der Waals surface area contributed by atoms with Gasteiger partial charge in [0, 0.05) is 5.69 Å². The molecule has 0 fully saturated rings. The van der Waals surface area contributed by atoms with E-state index in [0.29, 0.717) is 5.75 Å². The number of amides is 1. The van der Waals surface area contributed by atoms with Gasteiger partial charge in [0.2, 0.25) is 0 Å². The molecule has 0 bridgehead atoms. The van der Waals surface area contributed by atoms with Gasteiger partial charge >= 0.3 is 5.97 Å². The summed E-state index contributed by atoms with van der Waals surface area (Å²) in [7, 11) is 0. The number of fused-ring (bicyclic) bond motifs is 1. The van der Waals surface area contributed by atoms with Crippen LogP contribution in [0.15, 0.2) is 36.4 Å². The molecule has 5 nitrogen and oxygen atoms in total. The first-order valence-electron chi connectivity index (χ1n) is 10.2. The van der Waals surface area contributed by atoms with E-state index in [1.54, 1.807) is 6.92 Å². The van der Waals surface area contributed by atoms with E-state index in [1.807, 2.05) is 43.3 Å². The van der Waals surface area contributed by atoms with Crippen molar-refractivity contribution in [1.82, 2.24) is 0 Å². The van der Waals surface area contributed by atoms with Gasteiger partial charge in [0.05, 0.1) is 0 Å². The number of rotatable bonds is 7. The van der Waals surface area contributed by atoms with Crippen LogP contribution in [-0.2, 0) is 27.2 Å². The molecule has 1 amide bonds. The van der Waals surface area contributed by atoms with Crippen LogP contribution >= 0.6 is 0 Å². The molecule has 0 saturated carbocycles. The van der Waals surface area contributed by atoms with Crippen LogP contribution in [-0.4, -0.2) is 24.6 Å². The number of carbonyl (C=O) groups is 2. The maximum atomic E-state index is 12.5. The average Bonchev–Trinajstić information content (AvgIpc) is 3.15. The van der Waals surface area contributed by atoms with Crippen LogP contribution in [0.1, 0.15) is 55.4 Å². The van der Waals surface area contributed by atoms with Gasteiger partial charge in [-0.3, -0.25) is 4.79 Å². The molecular weight excluding hydrogens is 366 g/mol. The molecule has 3 rings (SSSR count). The molecule has 29 heavy (non-hydrogen) atoms. The number of anilines is 1. The van der Waals surface area contributed by atoms with Crippen LogP contribution in [0.2, 0.25) is 0 Å². The number of benzene rings is 2. The van der Waals surface area contributed by atoms with Crippen molar-refractivity contribution < 1.29 is 19.1 Å². The molecule has 5 heteroatoms. The van der Waals surface area contributed by atoms with Crippen LogP contribution < -0.4 is 10.1 Å². The maximum absolute atomic E-state index is 12.5. The van der Waals surface area contributed by atoms with Gasteiger partial charge in [-0.1, -0.05) is 38.1 Å².